The smallest absolute Gasteiger partial charge is 0.245 e. The first kappa shape index (κ1) is 10.9. The van der Waals surface area contributed by atoms with E-state index in [9.17, 15) is 20.3 Å². The summed E-state index contributed by atoms with van der Waals surface area (Å²) in [6, 6.07) is 0. The molecule has 0 bridgehead atoms. The standard InChI is InChI=1S/C8H14N2O4/c1-7(2)5(6(11)12)9(13)8(3,4)10(7)14/h14H,1-4H3,(H,11,12)/p-1. The quantitative estimate of drug-likeness (QED) is 0.430. The van der Waals surface area contributed by atoms with Gasteiger partial charge < -0.3 is 20.3 Å². The van der Waals surface area contributed by atoms with E-state index in [2.05, 4.69) is 0 Å². The first-order valence-electron chi connectivity index (χ1n) is 4.19. The molecule has 0 spiro atoms. The molecule has 0 atom stereocenters. The van der Waals surface area contributed by atoms with Crippen LogP contribution in [0.2, 0.25) is 0 Å². The fraction of sp³-hybridized carbons (Fsp3) is 0.750. The largest absolute Gasteiger partial charge is 0.622 e. The number of hydroxylamine groups is 3. The van der Waals surface area contributed by atoms with Gasteiger partial charge in [-0.1, -0.05) is 0 Å². The lowest BCUT2D eigenvalue weighted by Crippen LogP contribution is -2.53. The Morgan fingerprint density at radius 3 is 2.00 bits per heavy atom. The van der Waals surface area contributed by atoms with Gasteiger partial charge >= 0.3 is 0 Å². The highest BCUT2D eigenvalue weighted by Crippen LogP contribution is 2.31. The normalized spacial score (nSPS) is 25.5. The molecule has 0 aromatic carbocycles. The van der Waals surface area contributed by atoms with E-state index in [1.54, 1.807) is 0 Å². The lowest BCUT2D eigenvalue weighted by Gasteiger charge is -2.29. The summed E-state index contributed by atoms with van der Waals surface area (Å²) in [6.45, 7) is 5.74. The molecule has 80 valence electrons. The molecule has 0 aromatic rings. The molecule has 6 nitrogen and oxygen atoms in total. The van der Waals surface area contributed by atoms with Crippen LogP contribution in [0.4, 0.5) is 0 Å². The number of hydrogen-bond donors (Lipinski definition) is 1. The average molecular weight is 201 g/mol. The zero-order chi connectivity index (χ0) is 11.3. The van der Waals surface area contributed by atoms with Crippen LogP contribution in [-0.4, -0.2) is 37.9 Å². The molecular weight excluding hydrogens is 188 g/mol. The minimum absolute atomic E-state index is 0.266. The third-order valence-electron chi connectivity index (χ3n) is 2.52. The van der Waals surface area contributed by atoms with Crippen LogP contribution in [0.1, 0.15) is 27.7 Å². The Labute approximate surface area is 81.6 Å². The first-order valence-corrected chi connectivity index (χ1v) is 4.19. The van der Waals surface area contributed by atoms with E-state index in [0.29, 0.717) is 0 Å². The maximum Gasteiger partial charge on any atom is 0.245 e. The molecule has 0 aliphatic carbocycles. The number of nitrogens with zero attached hydrogens (tertiary/aromatic N) is 2. The number of rotatable bonds is 1. The van der Waals surface area contributed by atoms with E-state index in [1.807, 2.05) is 0 Å². The van der Waals surface area contributed by atoms with Gasteiger partial charge in [0, 0.05) is 13.8 Å². The van der Waals surface area contributed by atoms with Crippen LogP contribution in [0.25, 0.3) is 0 Å². The van der Waals surface area contributed by atoms with E-state index in [-0.39, 0.29) is 4.74 Å². The van der Waals surface area contributed by atoms with Crippen LogP contribution in [0.5, 0.6) is 0 Å². The zero-order valence-corrected chi connectivity index (χ0v) is 8.57. The first-order chi connectivity index (χ1) is 6.13. The highest BCUT2D eigenvalue weighted by atomic mass is 16.6. The number of carbonyl (C=O) groups excluding carboxylic acids is 1. The van der Waals surface area contributed by atoms with Crippen LogP contribution in [0, 0.1) is 5.21 Å². The van der Waals surface area contributed by atoms with Gasteiger partial charge in [-0.3, -0.25) is 0 Å². The number of carbonyl (C=O) groups is 1. The Balaban J connectivity index is 3.37. The second-order valence-electron chi connectivity index (χ2n) is 4.30. The lowest BCUT2D eigenvalue weighted by atomic mass is 9.99. The molecule has 0 saturated carbocycles. The molecule has 1 heterocycles. The van der Waals surface area contributed by atoms with Crippen LogP contribution in [-0.2, 0) is 4.79 Å². The summed E-state index contributed by atoms with van der Waals surface area (Å²) >= 11 is 0. The van der Waals surface area contributed by atoms with E-state index in [4.69, 9.17) is 0 Å². The fourth-order valence-corrected chi connectivity index (χ4v) is 1.73. The summed E-state index contributed by atoms with van der Waals surface area (Å²) < 4.78 is 0.266. The van der Waals surface area contributed by atoms with Crippen molar-refractivity contribution in [3.63, 3.8) is 0 Å². The van der Waals surface area contributed by atoms with Crippen LogP contribution >= 0.6 is 0 Å². The molecule has 1 N–H and O–H groups in total. The number of carboxylic acid groups (broad SMARTS) is 1. The third-order valence-corrected chi connectivity index (χ3v) is 2.52. The second-order valence-corrected chi connectivity index (χ2v) is 4.30. The SMILES string of the molecule is CC1(C)C(C(=O)[O-])=[N+]([O-])C(C)(C)N1O. The molecule has 0 amide bonds. The van der Waals surface area contributed by atoms with Gasteiger partial charge in [0.15, 0.2) is 0 Å². The van der Waals surface area contributed by atoms with Crippen molar-refractivity contribution in [1.82, 2.24) is 5.06 Å². The molecule has 0 saturated heterocycles. The predicted molar refractivity (Wildman–Crippen MR) is 45.4 cm³/mol. The lowest BCUT2D eigenvalue weighted by molar-refractivity contribution is -0.581. The van der Waals surface area contributed by atoms with Gasteiger partial charge in [-0.15, -0.1) is 5.06 Å². The van der Waals surface area contributed by atoms with E-state index in [0.717, 1.165) is 5.06 Å². The topological polar surface area (TPSA) is 89.7 Å². The van der Waals surface area contributed by atoms with Crippen molar-refractivity contribution < 1.29 is 19.8 Å². The molecule has 1 aliphatic heterocycles. The molecule has 0 fully saturated rings. The maximum absolute atomic E-state index is 11.6. The van der Waals surface area contributed by atoms with Crippen molar-refractivity contribution in [2.45, 2.75) is 38.9 Å². The summed E-state index contributed by atoms with van der Waals surface area (Å²) in [7, 11) is 0. The Kier molecular flexibility index (Phi) is 2.09. The van der Waals surface area contributed by atoms with Crippen molar-refractivity contribution in [2.24, 2.45) is 0 Å². The molecule has 0 unspecified atom stereocenters. The van der Waals surface area contributed by atoms with Crippen molar-refractivity contribution in [3.8, 4) is 0 Å². The number of aliphatic carboxylic acids is 1. The number of carboxylic acids is 1. The van der Waals surface area contributed by atoms with Crippen molar-refractivity contribution in [1.29, 1.82) is 0 Å². The average Bonchev–Trinajstić information content (AvgIpc) is 2.10. The van der Waals surface area contributed by atoms with Crippen LogP contribution in [0.15, 0.2) is 0 Å². The third kappa shape index (κ3) is 1.11. The highest BCUT2D eigenvalue weighted by molar-refractivity contribution is 6.36. The molecular formula is C8H13N2O4-. The minimum atomic E-state index is -1.56. The van der Waals surface area contributed by atoms with Gasteiger partial charge in [0.25, 0.3) is 0 Å². The molecule has 0 aromatic heterocycles. The summed E-state index contributed by atoms with van der Waals surface area (Å²) in [5.74, 6) is -1.56. The van der Waals surface area contributed by atoms with Crippen molar-refractivity contribution >= 4 is 11.7 Å². The monoisotopic (exact) mass is 201 g/mol. The van der Waals surface area contributed by atoms with Gasteiger partial charge in [-0.25, -0.2) is 0 Å². The van der Waals surface area contributed by atoms with Gasteiger partial charge in [0.05, 0.1) is 0 Å². The molecule has 1 aliphatic rings. The van der Waals surface area contributed by atoms with Crippen molar-refractivity contribution in [3.05, 3.63) is 5.21 Å². The molecule has 1 rings (SSSR count). The van der Waals surface area contributed by atoms with E-state index >= 15 is 0 Å². The summed E-state index contributed by atoms with van der Waals surface area (Å²) in [5, 5.41) is 32.7. The highest BCUT2D eigenvalue weighted by Gasteiger charge is 2.57. The van der Waals surface area contributed by atoms with Gasteiger partial charge in [-0.05, 0) is 13.8 Å². The Morgan fingerprint density at radius 1 is 1.43 bits per heavy atom. The summed E-state index contributed by atoms with van der Waals surface area (Å²) in [4.78, 5) is 10.7. The second kappa shape index (κ2) is 2.68. The molecule has 0 radical (unpaired) electrons. The Bertz CT molecular complexity index is 319. The van der Waals surface area contributed by atoms with Crippen LogP contribution < -0.4 is 5.11 Å². The van der Waals surface area contributed by atoms with Crippen LogP contribution in [0.3, 0.4) is 0 Å². The molecule has 6 heteroatoms. The van der Waals surface area contributed by atoms with Crippen molar-refractivity contribution in [2.75, 3.05) is 0 Å². The predicted octanol–water partition coefficient (Wildman–Crippen LogP) is -1.09. The maximum atomic E-state index is 11.6. The van der Waals surface area contributed by atoms with E-state index < -0.39 is 22.9 Å². The van der Waals surface area contributed by atoms with Gasteiger partial charge in [-0.2, -0.15) is 4.74 Å². The zero-order valence-electron chi connectivity index (χ0n) is 8.57. The minimum Gasteiger partial charge on any atom is -0.622 e. The Hall–Kier alpha value is -1.14. The summed E-state index contributed by atoms with van der Waals surface area (Å²) in [5.41, 5.74) is -3.01. The summed E-state index contributed by atoms with van der Waals surface area (Å²) in [6.07, 6.45) is 0. The molecule has 14 heavy (non-hydrogen) atoms. The van der Waals surface area contributed by atoms with Gasteiger partial charge in [0.1, 0.15) is 11.5 Å². The van der Waals surface area contributed by atoms with Gasteiger partial charge in [0.2, 0.25) is 11.4 Å². The fourth-order valence-electron chi connectivity index (χ4n) is 1.73. The Morgan fingerprint density at radius 2 is 1.86 bits per heavy atom. The van der Waals surface area contributed by atoms with E-state index in [1.165, 1.54) is 27.7 Å². The number of hydrogen-bond acceptors (Lipinski definition) is 5.